The largest absolute Gasteiger partial charge is 0.493 e. The number of benzene rings is 2. The first-order chi connectivity index (χ1) is 17.0. The van der Waals surface area contributed by atoms with Crippen LogP contribution >= 0.6 is 0 Å². The van der Waals surface area contributed by atoms with Crippen LogP contribution in [0.1, 0.15) is 53.1 Å². The Hall–Kier alpha value is -4.13. The summed E-state index contributed by atoms with van der Waals surface area (Å²) in [5.41, 5.74) is 1.94. The average molecular weight is 471 g/mol. The second-order valence-electron chi connectivity index (χ2n) is 8.50. The number of rotatable bonds is 7. The number of amides is 1. The van der Waals surface area contributed by atoms with E-state index in [9.17, 15) is 9.59 Å². The molecule has 1 amide bonds. The smallest absolute Gasteiger partial charge is 0.296 e. The Morgan fingerprint density at radius 3 is 2.66 bits per heavy atom. The summed E-state index contributed by atoms with van der Waals surface area (Å²) in [7, 11) is 1.57. The fourth-order valence-electron chi connectivity index (χ4n) is 4.48. The summed E-state index contributed by atoms with van der Waals surface area (Å²) in [5, 5.41) is 0.426. The van der Waals surface area contributed by atoms with Crippen molar-refractivity contribution in [3.05, 3.63) is 93.5 Å². The van der Waals surface area contributed by atoms with Crippen LogP contribution in [0.3, 0.4) is 0 Å². The van der Waals surface area contributed by atoms with Gasteiger partial charge in [-0.15, -0.1) is 0 Å². The maximum atomic E-state index is 13.7. The van der Waals surface area contributed by atoms with Gasteiger partial charge >= 0.3 is 0 Å². The van der Waals surface area contributed by atoms with Gasteiger partial charge in [0.1, 0.15) is 11.4 Å². The second kappa shape index (κ2) is 9.25. The van der Waals surface area contributed by atoms with Gasteiger partial charge in [0.15, 0.2) is 16.9 Å². The average Bonchev–Trinajstić information content (AvgIpc) is 3.17. The third-order valence-electron chi connectivity index (χ3n) is 6.25. The molecular weight excluding hydrogens is 444 g/mol. The molecule has 5 rings (SSSR count). The molecule has 7 heteroatoms. The summed E-state index contributed by atoms with van der Waals surface area (Å²) in [4.78, 5) is 33.4. The predicted octanol–water partition coefficient (Wildman–Crippen LogP) is 5.43. The van der Waals surface area contributed by atoms with Gasteiger partial charge in [0.25, 0.3) is 5.91 Å². The number of carbonyl (C=O) groups excluding carboxylic acids is 1. The lowest BCUT2D eigenvalue weighted by Crippen LogP contribution is -2.31. The van der Waals surface area contributed by atoms with Crippen LogP contribution in [-0.2, 0) is 0 Å². The minimum atomic E-state index is -0.731. The van der Waals surface area contributed by atoms with E-state index >= 15 is 0 Å². The van der Waals surface area contributed by atoms with Crippen LogP contribution in [0.5, 0.6) is 11.5 Å². The van der Waals surface area contributed by atoms with Gasteiger partial charge in [0.05, 0.1) is 30.7 Å². The summed E-state index contributed by atoms with van der Waals surface area (Å²) in [6.07, 6.45) is 3.58. The van der Waals surface area contributed by atoms with Crippen molar-refractivity contribution in [2.24, 2.45) is 0 Å². The lowest BCUT2D eigenvalue weighted by atomic mass is 9.98. The maximum absolute atomic E-state index is 13.7. The van der Waals surface area contributed by atoms with E-state index in [0.29, 0.717) is 46.0 Å². The fraction of sp³-hybridized carbons (Fsp3) is 0.250. The zero-order valence-corrected chi connectivity index (χ0v) is 19.9. The van der Waals surface area contributed by atoms with E-state index in [2.05, 4.69) is 11.9 Å². The lowest BCUT2D eigenvalue weighted by molar-refractivity contribution is 0.0970. The zero-order valence-electron chi connectivity index (χ0n) is 19.9. The highest BCUT2D eigenvalue weighted by Crippen LogP contribution is 2.43. The Kier molecular flexibility index (Phi) is 5.99. The number of aryl methyl sites for hydroxylation is 1. The van der Waals surface area contributed by atoms with Crippen molar-refractivity contribution < 1.29 is 18.7 Å². The SMILES string of the molecule is CCCCOc1ccc(C2c3c(oc4ccccc4c3=O)C(=O)N2c2ncccc2C)cc1OC. The number of nitrogens with zero attached hydrogens (tertiary/aromatic N) is 2. The molecule has 0 saturated carbocycles. The van der Waals surface area contributed by atoms with Crippen LogP contribution < -0.4 is 19.8 Å². The van der Waals surface area contributed by atoms with Crippen molar-refractivity contribution in [2.45, 2.75) is 32.7 Å². The first kappa shape index (κ1) is 22.7. The van der Waals surface area contributed by atoms with Crippen LogP contribution in [0.4, 0.5) is 5.82 Å². The monoisotopic (exact) mass is 470 g/mol. The third-order valence-corrected chi connectivity index (χ3v) is 6.25. The van der Waals surface area contributed by atoms with Gasteiger partial charge < -0.3 is 13.9 Å². The number of fused-ring (bicyclic) bond motifs is 2. The minimum absolute atomic E-state index is 0.0333. The second-order valence-corrected chi connectivity index (χ2v) is 8.50. The van der Waals surface area contributed by atoms with Gasteiger partial charge in [0, 0.05) is 6.20 Å². The number of carbonyl (C=O) groups is 1. The van der Waals surface area contributed by atoms with Crippen LogP contribution in [-0.4, -0.2) is 24.6 Å². The first-order valence-corrected chi connectivity index (χ1v) is 11.7. The van der Waals surface area contributed by atoms with E-state index in [1.54, 1.807) is 37.6 Å². The highest BCUT2D eigenvalue weighted by atomic mass is 16.5. The van der Waals surface area contributed by atoms with E-state index in [1.165, 1.54) is 4.90 Å². The number of ether oxygens (including phenoxy) is 2. The van der Waals surface area contributed by atoms with E-state index in [4.69, 9.17) is 13.9 Å². The molecule has 0 bridgehead atoms. The molecule has 2 aromatic heterocycles. The van der Waals surface area contributed by atoms with E-state index in [1.807, 2.05) is 37.3 Å². The van der Waals surface area contributed by atoms with Gasteiger partial charge in [-0.2, -0.15) is 0 Å². The molecule has 0 N–H and O–H groups in total. The summed E-state index contributed by atoms with van der Waals surface area (Å²) in [5.74, 6) is 1.24. The van der Waals surface area contributed by atoms with Crippen LogP contribution in [0.2, 0.25) is 0 Å². The van der Waals surface area contributed by atoms with Gasteiger partial charge in [0.2, 0.25) is 5.76 Å². The van der Waals surface area contributed by atoms with Crippen molar-refractivity contribution in [1.82, 2.24) is 4.98 Å². The summed E-state index contributed by atoms with van der Waals surface area (Å²) in [6.45, 7) is 4.56. The van der Waals surface area contributed by atoms with E-state index < -0.39 is 11.9 Å². The molecule has 0 saturated heterocycles. The minimum Gasteiger partial charge on any atom is -0.493 e. The number of aromatic nitrogens is 1. The van der Waals surface area contributed by atoms with Crippen LogP contribution in [0, 0.1) is 6.92 Å². The third kappa shape index (κ3) is 3.83. The molecule has 35 heavy (non-hydrogen) atoms. The van der Waals surface area contributed by atoms with Gasteiger partial charge in [-0.25, -0.2) is 4.98 Å². The normalized spacial score (nSPS) is 14.9. The van der Waals surface area contributed by atoms with Crippen molar-refractivity contribution in [2.75, 3.05) is 18.6 Å². The van der Waals surface area contributed by atoms with E-state index in [0.717, 1.165) is 18.4 Å². The molecule has 7 nitrogen and oxygen atoms in total. The number of hydrogen-bond acceptors (Lipinski definition) is 6. The molecule has 0 radical (unpaired) electrons. The van der Waals surface area contributed by atoms with Crippen LogP contribution in [0.25, 0.3) is 11.0 Å². The number of methoxy groups -OCH3 is 1. The molecule has 1 aliphatic rings. The summed E-state index contributed by atoms with van der Waals surface area (Å²) >= 11 is 0. The van der Waals surface area contributed by atoms with Crippen molar-refractivity contribution in [3.63, 3.8) is 0 Å². The van der Waals surface area contributed by atoms with Gasteiger partial charge in [-0.1, -0.05) is 37.6 Å². The van der Waals surface area contributed by atoms with Crippen LogP contribution in [0.15, 0.2) is 70.0 Å². The summed E-state index contributed by atoms with van der Waals surface area (Å²) in [6, 6.07) is 15.4. The predicted molar refractivity (Wildman–Crippen MR) is 134 cm³/mol. The van der Waals surface area contributed by atoms with Crippen molar-refractivity contribution in [1.29, 1.82) is 0 Å². The molecule has 2 aromatic carbocycles. The Balaban J connectivity index is 1.72. The standard InChI is InChI=1S/C28H26N2O5/c1-4-5-15-34-21-13-12-18(16-22(21)33-3)24-23-25(31)19-10-6-7-11-20(19)35-26(23)28(32)30(24)27-17(2)9-8-14-29-27/h6-14,16,24H,4-5,15H2,1-3H3. The first-order valence-electron chi connectivity index (χ1n) is 11.7. The fourth-order valence-corrected chi connectivity index (χ4v) is 4.48. The number of hydrogen-bond donors (Lipinski definition) is 0. The Morgan fingerprint density at radius 2 is 1.89 bits per heavy atom. The van der Waals surface area contributed by atoms with Crippen molar-refractivity contribution in [3.8, 4) is 11.5 Å². The number of pyridine rings is 1. The topological polar surface area (TPSA) is 81.9 Å². The highest BCUT2D eigenvalue weighted by Gasteiger charge is 2.45. The molecule has 4 aromatic rings. The lowest BCUT2D eigenvalue weighted by Gasteiger charge is -2.26. The number of para-hydroxylation sites is 1. The molecule has 0 aliphatic carbocycles. The molecule has 178 valence electrons. The maximum Gasteiger partial charge on any atom is 0.296 e. The number of unbranched alkanes of at least 4 members (excludes halogenated alkanes) is 1. The van der Waals surface area contributed by atoms with Gasteiger partial charge in [-0.3, -0.25) is 14.5 Å². The quantitative estimate of drug-likeness (QED) is 0.335. The van der Waals surface area contributed by atoms with Gasteiger partial charge in [-0.05, 0) is 54.8 Å². The van der Waals surface area contributed by atoms with Crippen molar-refractivity contribution >= 4 is 22.7 Å². The molecular formula is C28H26N2O5. The Labute approximate surface area is 202 Å². The highest BCUT2D eigenvalue weighted by molar-refractivity contribution is 6.10. The summed E-state index contributed by atoms with van der Waals surface area (Å²) < 4.78 is 17.5. The Bertz CT molecular complexity index is 1480. The Morgan fingerprint density at radius 1 is 1.06 bits per heavy atom. The van der Waals surface area contributed by atoms with E-state index in [-0.39, 0.29) is 11.2 Å². The molecule has 3 heterocycles. The molecule has 0 spiro atoms. The molecule has 1 atom stereocenters. The molecule has 0 fully saturated rings. The molecule has 1 aliphatic heterocycles. The zero-order chi connectivity index (χ0) is 24.5. The number of anilines is 1. The molecule has 1 unspecified atom stereocenters.